The van der Waals surface area contributed by atoms with Crippen LogP contribution >= 0.6 is 0 Å². The third-order valence-corrected chi connectivity index (χ3v) is 5.52. The number of carbonyl (C=O) groups is 1. The van der Waals surface area contributed by atoms with E-state index in [1.165, 1.54) is 5.52 Å². The van der Waals surface area contributed by atoms with Gasteiger partial charge in [-0.15, -0.1) is 0 Å². The molecule has 0 bridgehead atoms. The number of hydrogen-bond donors (Lipinski definition) is 0. The Labute approximate surface area is 168 Å². The molecule has 0 saturated carbocycles. The fraction of sp³-hybridized carbons (Fsp3) is 0.167. The summed E-state index contributed by atoms with van der Waals surface area (Å²) < 4.78 is 7.77. The summed E-state index contributed by atoms with van der Waals surface area (Å²) in [5.41, 5.74) is 4.55. The van der Waals surface area contributed by atoms with Gasteiger partial charge in [0.2, 0.25) is 0 Å². The van der Waals surface area contributed by atoms with Crippen LogP contribution in [0.5, 0.6) is 5.75 Å². The van der Waals surface area contributed by atoms with E-state index in [0.29, 0.717) is 12.0 Å². The van der Waals surface area contributed by atoms with Crippen molar-refractivity contribution in [1.29, 1.82) is 0 Å². The minimum absolute atomic E-state index is 0.187. The van der Waals surface area contributed by atoms with E-state index in [1.54, 1.807) is 31.4 Å². The predicted molar refractivity (Wildman–Crippen MR) is 114 cm³/mol. The first-order chi connectivity index (χ1) is 14.2. The second kappa shape index (κ2) is 6.78. The van der Waals surface area contributed by atoms with E-state index in [4.69, 9.17) is 9.57 Å². The van der Waals surface area contributed by atoms with Crippen LogP contribution in [-0.4, -0.2) is 23.4 Å². The number of ether oxygens (including phenoxy) is 1. The van der Waals surface area contributed by atoms with E-state index in [1.807, 2.05) is 24.3 Å². The Kier molecular flexibility index (Phi) is 4.09. The smallest absolute Gasteiger partial charge is 0.365 e. The van der Waals surface area contributed by atoms with Gasteiger partial charge in [-0.25, -0.2) is 4.79 Å². The molecule has 1 atom stereocenters. The summed E-state index contributed by atoms with van der Waals surface area (Å²) in [6, 6.07) is 21.4. The molecule has 4 aromatic rings. The van der Waals surface area contributed by atoms with Crippen LogP contribution < -0.4 is 4.74 Å². The highest BCUT2D eigenvalue weighted by atomic mass is 16.7. The van der Waals surface area contributed by atoms with E-state index in [9.17, 15) is 4.79 Å². The summed E-state index contributed by atoms with van der Waals surface area (Å²) in [5, 5.41) is 6.56. The Hall–Kier alpha value is -3.60. The molecule has 5 heteroatoms. The van der Waals surface area contributed by atoms with Gasteiger partial charge in [-0.2, -0.15) is 0 Å². The molecule has 1 aliphatic heterocycles. The minimum atomic E-state index is -0.450. The van der Waals surface area contributed by atoms with Gasteiger partial charge in [0.15, 0.2) is 0 Å². The minimum Gasteiger partial charge on any atom is -0.497 e. The number of aromatic nitrogens is 1. The molecule has 0 radical (unpaired) electrons. The molecule has 0 aliphatic carbocycles. The molecule has 0 N–H and O–H groups in total. The van der Waals surface area contributed by atoms with Gasteiger partial charge in [0, 0.05) is 34.3 Å². The van der Waals surface area contributed by atoms with Gasteiger partial charge in [-0.1, -0.05) is 41.6 Å². The standard InChI is InChI=1S/C24H20N2O3/c1-15-13-21(25-29-24(27)16-7-4-3-5-8-16)19-10-6-9-18-20-14-17(28-2)11-12-22(20)26(15)23(18)19/h3-12,14-15H,13H2,1-2H3/b25-21+. The maximum atomic E-state index is 12.3. The molecule has 1 aliphatic rings. The average molecular weight is 384 g/mol. The fourth-order valence-corrected chi connectivity index (χ4v) is 4.19. The Morgan fingerprint density at radius 3 is 2.66 bits per heavy atom. The number of carbonyl (C=O) groups excluding carboxylic acids is 1. The lowest BCUT2D eigenvalue weighted by Crippen LogP contribution is -2.19. The molecule has 0 fully saturated rings. The molecule has 0 saturated heterocycles. The largest absolute Gasteiger partial charge is 0.497 e. The SMILES string of the molecule is COc1ccc2c(c1)c1cccc3c1n2C(C)C/C3=N\OC(=O)c1ccccc1. The van der Waals surface area contributed by atoms with Gasteiger partial charge in [-0.05, 0) is 37.3 Å². The third-order valence-electron chi connectivity index (χ3n) is 5.52. The maximum Gasteiger partial charge on any atom is 0.365 e. The summed E-state index contributed by atoms with van der Waals surface area (Å²) in [7, 11) is 1.68. The monoisotopic (exact) mass is 384 g/mol. The summed E-state index contributed by atoms with van der Waals surface area (Å²) in [6.45, 7) is 2.16. The van der Waals surface area contributed by atoms with Crippen LogP contribution in [0.2, 0.25) is 0 Å². The lowest BCUT2D eigenvalue weighted by Gasteiger charge is -2.24. The third kappa shape index (κ3) is 2.78. The van der Waals surface area contributed by atoms with Gasteiger partial charge in [0.25, 0.3) is 0 Å². The number of methoxy groups -OCH3 is 1. The van der Waals surface area contributed by atoms with Crippen LogP contribution in [0.25, 0.3) is 21.8 Å². The summed E-state index contributed by atoms with van der Waals surface area (Å²) in [4.78, 5) is 17.6. The fourth-order valence-electron chi connectivity index (χ4n) is 4.19. The second-order valence-corrected chi connectivity index (χ2v) is 7.29. The van der Waals surface area contributed by atoms with Gasteiger partial charge in [-0.3, -0.25) is 0 Å². The topological polar surface area (TPSA) is 52.8 Å². The highest BCUT2D eigenvalue weighted by molar-refractivity contribution is 6.19. The van der Waals surface area contributed by atoms with E-state index in [-0.39, 0.29) is 6.04 Å². The molecular weight excluding hydrogens is 364 g/mol. The van der Waals surface area contributed by atoms with Gasteiger partial charge in [0.1, 0.15) is 5.75 Å². The number of oxime groups is 1. The number of nitrogens with zero attached hydrogens (tertiary/aromatic N) is 2. The zero-order valence-corrected chi connectivity index (χ0v) is 16.3. The van der Waals surface area contributed by atoms with Crippen molar-refractivity contribution in [1.82, 2.24) is 4.57 Å². The van der Waals surface area contributed by atoms with E-state index >= 15 is 0 Å². The molecule has 0 amide bonds. The molecule has 1 aromatic heterocycles. The van der Waals surface area contributed by atoms with Crippen LogP contribution in [0.3, 0.4) is 0 Å². The molecule has 29 heavy (non-hydrogen) atoms. The van der Waals surface area contributed by atoms with Crippen molar-refractivity contribution in [3.8, 4) is 5.75 Å². The van der Waals surface area contributed by atoms with E-state index in [0.717, 1.165) is 33.3 Å². The van der Waals surface area contributed by atoms with Crippen LogP contribution in [0.4, 0.5) is 0 Å². The van der Waals surface area contributed by atoms with Crippen LogP contribution in [0.15, 0.2) is 71.9 Å². The quantitative estimate of drug-likeness (QED) is 0.354. The zero-order chi connectivity index (χ0) is 20.0. The van der Waals surface area contributed by atoms with Crippen LogP contribution in [0, 0.1) is 0 Å². The zero-order valence-electron chi connectivity index (χ0n) is 16.3. The van der Waals surface area contributed by atoms with Crippen LogP contribution in [-0.2, 0) is 4.84 Å². The number of rotatable bonds is 3. The van der Waals surface area contributed by atoms with Crippen molar-refractivity contribution >= 4 is 33.5 Å². The normalized spacial score (nSPS) is 17.0. The first-order valence-electron chi connectivity index (χ1n) is 9.61. The van der Waals surface area contributed by atoms with Crippen molar-refractivity contribution in [2.24, 2.45) is 5.16 Å². The Balaban J connectivity index is 1.63. The first kappa shape index (κ1) is 17.5. The average Bonchev–Trinajstić information content (AvgIpc) is 3.10. The highest BCUT2D eigenvalue weighted by Crippen LogP contribution is 2.40. The van der Waals surface area contributed by atoms with Crippen molar-refractivity contribution < 1.29 is 14.4 Å². The summed E-state index contributed by atoms with van der Waals surface area (Å²) in [6.07, 6.45) is 0.685. The maximum absolute atomic E-state index is 12.3. The lowest BCUT2D eigenvalue weighted by atomic mass is 9.97. The molecule has 5 rings (SSSR count). The summed E-state index contributed by atoms with van der Waals surface area (Å²) in [5.74, 6) is 0.383. The molecule has 2 heterocycles. The Morgan fingerprint density at radius 1 is 1.03 bits per heavy atom. The molecule has 3 aromatic carbocycles. The number of fused-ring (bicyclic) bond motifs is 3. The molecule has 5 nitrogen and oxygen atoms in total. The predicted octanol–water partition coefficient (Wildman–Crippen LogP) is 5.33. The Morgan fingerprint density at radius 2 is 1.86 bits per heavy atom. The van der Waals surface area contributed by atoms with Crippen molar-refractivity contribution in [2.75, 3.05) is 7.11 Å². The lowest BCUT2D eigenvalue weighted by molar-refractivity contribution is 0.0515. The Bertz CT molecular complexity index is 1270. The molecular formula is C24H20N2O3. The number of benzene rings is 3. The van der Waals surface area contributed by atoms with Crippen molar-refractivity contribution in [3.63, 3.8) is 0 Å². The van der Waals surface area contributed by atoms with Gasteiger partial charge in [0.05, 0.1) is 23.9 Å². The number of para-hydroxylation sites is 1. The highest BCUT2D eigenvalue weighted by Gasteiger charge is 2.27. The van der Waals surface area contributed by atoms with E-state index in [2.05, 4.69) is 34.8 Å². The first-order valence-corrected chi connectivity index (χ1v) is 9.61. The molecule has 144 valence electrons. The summed E-state index contributed by atoms with van der Waals surface area (Å²) >= 11 is 0. The molecule has 0 spiro atoms. The van der Waals surface area contributed by atoms with Crippen molar-refractivity contribution in [3.05, 3.63) is 77.9 Å². The van der Waals surface area contributed by atoms with Crippen molar-refractivity contribution in [2.45, 2.75) is 19.4 Å². The molecule has 1 unspecified atom stereocenters. The van der Waals surface area contributed by atoms with Crippen LogP contribution in [0.1, 0.15) is 35.3 Å². The number of hydrogen-bond acceptors (Lipinski definition) is 4. The van der Waals surface area contributed by atoms with Gasteiger partial charge >= 0.3 is 5.97 Å². The van der Waals surface area contributed by atoms with Gasteiger partial charge < -0.3 is 14.1 Å². The second-order valence-electron chi connectivity index (χ2n) is 7.29. The van der Waals surface area contributed by atoms with E-state index < -0.39 is 5.97 Å².